The van der Waals surface area contributed by atoms with E-state index in [0.717, 1.165) is 0 Å². The van der Waals surface area contributed by atoms with Crippen LogP contribution < -0.4 is 11.1 Å². The molecule has 18 heavy (non-hydrogen) atoms. The van der Waals surface area contributed by atoms with Gasteiger partial charge in [0.2, 0.25) is 11.8 Å². The lowest BCUT2D eigenvalue weighted by Gasteiger charge is -2.25. The van der Waals surface area contributed by atoms with Crippen molar-refractivity contribution >= 4 is 17.5 Å². The fourth-order valence-electron chi connectivity index (χ4n) is 1.50. The SMILES string of the molecule is CN(CC(=O)Nc1ccccc1)C(=O)C(C)(C)N. The van der Waals surface area contributed by atoms with E-state index in [1.807, 2.05) is 18.2 Å². The van der Waals surface area contributed by atoms with Gasteiger partial charge in [-0.3, -0.25) is 9.59 Å². The largest absolute Gasteiger partial charge is 0.335 e. The molecule has 0 unspecified atom stereocenters. The van der Waals surface area contributed by atoms with Gasteiger partial charge >= 0.3 is 0 Å². The summed E-state index contributed by atoms with van der Waals surface area (Å²) in [7, 11) is 1.56. The summed E-state index contributed by atoms with van der Waals surface area (Å²) in [5, 5.41) is 2.71. The number of nitrogens with two attached hydrogens (primary N) is 1. The van der Waals surface area contributed by atoms with Crippen LogP contribution in [0.2, 0.25) is 0 Å². The maximum atomic E-state index is 11.8. The average molecular weight is 249 g/mol. The Morgan fingerprint density at radius 2 is 1.83 bits per heavy atom. The lowest BCUT2D eigenvalue weighted by Crippen LogP contribution is -2.51. The van der Waals surface area contributed by atoms with E-state index in [9.17, 15) is 9.59 Å². The molecule has 0 atom stereocenters. The highest BCUT2D eigenvalue weighted by molar-refractivity contribution is 5.95. The summed E-state index contributed by atoms with van der Waals surface area (Å²) in [5.74, 6) is -0.521. The number of rotatable bonds is 4. The fourth-order valence-corrected chi connectivity index (χ4v) is 1.50. The number of likely N-dealkylation sites (N-methyl/N-ethyl adjacent to an activating group) is 1. The number of nitrogens with one attached hydrogen (secondary N) is 1. The summed E-state index contributed by atoms with van der Waals surface area (Å²) in [4.78, 5) is 24.8. The molecule has 0 aliphatic carbocycles. The Kier molecular flexibility index (Phi) is 4.44. The summed E-state index contributed by atoms with van der Waals surface area (Å²) in [5.41, 5.74) is 5.42. The maximum absolute atomic E-state index is 11.8. The van der Waals surface area contributed by atoms with E-state index in [4.69, 9.17) is 5.73 Å². The maximum Gasteiger partial charge on any atom is 0.243 e. The molecule has 1 aromatic carbocycles. The zero-order valence-corrected chi connectivity index (χ0v) is 10.9. The van der Waals surface area contributed by atoms with Gasteiger partial charge in [0.15, 0.2) is 0 Å². The smallest absolute Gasteiger partial charge is 0.243 e. The predicted octanol–water partition coefficient (Wildman–Crippen LogP) is 0.821. The Morgan fingerprint density at radius 1 is 1.28 bits per heavy atom. The zero-order valence-electron chi connectivity index (χ0n) is 10.9. The predicted molar refractivity (Wildman–Crippen MR) is 71.0 cm³/mol. The summed E-state index contributed by atoms with van der Waals surface area (Å²) in [6.07, 6.45) is 0. The molecule has 1 aromatic rings. The number of hydrogen-bond acceptors (Lipinski definition) is 3. The highest BCUT2D eigenvalue weighted by atomic mass is 16.2. The van der Waals surface area contributed by atoms with Crippen LogP contribution in [0.4, 0.5) is 5.69 Å². The standard InChI is InChI=1S/C13H19N3O2/c1-13(2,14)12(18)16(3)9-11(17)15-10-7-5-4-6-8-10/h4-8H,9,14H2,1-3H3,(H,15,17). The topological polar surface area (TPSA) is 75.4 Å². The number of carbonyl (C=O) groups is 2. The Bertz CT molecular complexity index is 424. The van der Waals surface area contributed by atoms with Gasteiger partial charge in [-0.1, -0.05) is 18.2 Å². The van der Waals surface area contributed by atoms with Crippen molar-refractivity contribution < 1.29 is 9.59 Å². The molecule has 0 saturated carbocycles. The molecule has 5 heteroatoms. The third kappa shape index (κ3) is 4.18. The molecule has 0 fully saturated rings. The van der Waals surface area contributed by atoms with Crippen LogP contribution in [0.3, 0.4) is 0 Å². The van der Waals surface area contributed by atoms with Crippen LogP contribution in [0.5, 0.6) is 0 Å². The van der Waals surface area contributed by atoms with Gasteiger partial charge in [0.25, 0.3) is 0 Å². The zero-order chi connectivity index (χ0) is 13.8. The van der Waals surface area contributed by atoms with Crippen molar-refractivity contribution in [1.29, 1.82) is 0 Å². The Labute approximate surface area is 107 Å². The molecule has 5 nitrogen and oxygen atoms in total. The second kappa shape index (κ2) is 5.64. The van der Waals surface area contributed by atoms with Gasteiger partial charge in [0.1, 0.15) is 0 Å². The first-order valence-electron chi connectivity index (χ1n) is 5.70. The molecule has 0 spiro atoms. The molecular formula is C13H19N3O2. The van der Waals surface area contributed by atoms with Gasteiger partial charge in [-0.25, -0.2) is 0 Å². The molecule has 0 saturated heterocycles. The lowest BCUT2D eigenvalue weighted by atomic mass is 10.1. The van der Waals surface area contributed by atoms with Crippen LogP contribution in [-0.4, -0.2) is 35.8 Å². The normalized spacial score (nSPS) is 10.9. The third-order valence-corrected chi connectivity index (χ3v) is 2.34. The van der Waals surface area contributed by atoms with Crippen molar-refractivity contribution in [1.82, 2.24) is 4.90 Å². The highest BCUT2D eigenvalue weighted by Crippen LogP contribution is 2.06. The molecule has 0 heterocycles. The summed E-state index contributed by atoms with van der Waals surface area (Å²) in [6.45, 7) is 3.20. The second-order valence-electron chi connectivity index (χ2n) is 4.80. The van der Waals surface area contributed by atoms with E-state index in [2.05, 4.69) is 5.32 Å². The highest BCUT2D eigenvalue weighted by Gasteiger charge is 2.26. The molecule has 0 aliphatic heterocycles. The van der Waals surface area contributed by atoms with E-state index in [1.165, 1.54) is 4.90 Å². The van der Waals surface area contributed by atoms with Crippen molar-refractivity contribution in [2.24, 2.45) is 5.73 Å². The number of amides is 2. The van der Waals surface area contributed by atoms with Crippen LogP contribution in [0, 0.1) is 0 Å². The monoisotopic (exact) mass is 249 g/mol. The van der Waals surface area contributed by atoms with Crippen LogP contribution in [0.15, 0.2) is 30.3 Å². The van der Waals surface area contributed by atoms with Crippen molar-refractivity contribution in [2.75, 3.05) is 18.9 Å². The fraction of sp³-hybridized carbons (Fsp3) is 0.385. The Morgan fingerprint density at radius 3 is 2.33 bits per heavy atom. The van der Waals surface area contributed by atoms with Crippen molar-refractivity contribution in [3.63, 3.8) is 0 Å². The van der Waals surface area contributed by atoms with Gasteiger partial charge in [0.05, 0.1) is 12.1 Å². The number of benzene rings is 1. The number of carbonyl (C=O) groups excluding carboxylic acids is 2. The Balaban J connectivity index is 2.53. The summed E-state index contributed by atoms with van der Waals surface area (Å²) < 4.78 is 0. The van der Waals surface area contributed by atoms with E-state index >= 15 is 0 Å². The molecule has 0 aliphatic rings. The van der Waals surface area contributed by atoms with Gasteiger partial charge in [-0.15, -0.1) is 0 Å². The molecule has 2 amide bonds. The third-order valence-electron chi connectivity index (χ3n) is 2.34. The van der Waals surface area contributed by atoms with Crippen molar-refractivity contribution in [2.45, 2.75) is 19.4 Å². The minimum atomic E-state index is -0.970. The van der Waals surface area contributed by atoms with Crippen LogP contribution in [-0.2, 0) is 9.59 Å². The van der Waals surface area contributed by atoms with Gasteiger partial charge in [0, 0.05) is 12.7 Å². The summed E-state index contributed by atoms with van der Waals surface area (Å²) in [6, 6.07) is 9.09. The quantitative estimate of drug-likeness (QED) is 0.829. The van der Waals surface area contributed by atoms with E-state index in [-0.39, 0.29) is 18.4 Å². The average Bonchev–Trinajstić information content (AvgIpc) is 2.27. The number of nitrogens with zero attached hydrogens (tertiary/aromatic N) is 1. The number of anilines is 1. The molecule has 3 N–H and O–H groups in total. The first kappa shape index (κ1) is 14.2. The molecule has 0 radical (unpaired) electrons. The van der Waals surface area contributed by atoms with E-state index in [0.29, 0.717) is 5.69 Å². The molecule has 0 aromatic heterocycles. The molecular weight excluding hydrogens is 230 g/mol. The number of para-hydroxylation sites is 1. The first-order valence-corrected chi connectivity index (χ1v) is 5.70. The molecule has 1 rings (SSSR count). The van der Waals surface area contributed by atoms with Crippen LogP contribution in [0.25, 0.3) is 0 Å². The van der Waals surface area contributed by atoms with Gasteiger partial charge in [-0.2, -0.15) is 0 Å². The molecule has 98 valence electrons. The second-order valence-corrected chi connectivity index (χ2v) is 4.80. The van der Waals surface area contributed by atoms with Gasteiger partial charge in [-0.05, 0) is 26.0 Å². The van der Waals surface area contributed by atoms with E-state index in [1.54, 1.807) is 33.0 Å². The Hall–Kier alpha value is -1.88. The van der Waals surface area contributed by atoms with Crippen molar-refractivity contribution in [3.8, 4) is 0 Å². The summed E-state index contributed by atoms with van der Waals surface area (Å²) >= 11 is 0. The van der Waals surface area contributed by atoms with Crippen LogP contribution in [0.1, 0.15) is 13.8 Å². The number of hydrogen-bond donors (Lipinski definition) is 2. The minimum absolute atomic E-state index is 0.0195. The van der Waals surface area contributed by atoms with Crippen LogP contribution >= 0.6 is 0 Å². The van der Waals surface area contributed by atoms with E-state index < -0.39 is 5.54 Å². The molecule has 0 bridgehead atoms. The van der Waals surface area contributed by atoms with Gasteiger partial charge < -0.3 is 16.0 Å². The minimum Gasteiger partial charge on any atom is -0.335 e. The lowest BCUT2D eigenvalue weighted by molar-refractivity contribution is -0.137. The first-order chi connectivity index (χ1) is 8.30. The van der Waals surface area contributed by atoms with Crippen molar-refractivity contribution in [3.05, 3.63) is 30.3 Å².